The van der Waals surface area contributed by atoms with Crippen molar-refractivity contribution in [3.05, 3.63) is 35.6 Å². The van der Waals surface area contributed by atoms with Crippen LogP contribution in [0.25, 0.3) is 0 Å². The molecule has 18 heavy (non-hydrogen) atoms. The van der Waals surface area contributed by atoms with Crippen LogP contribution in [0.2, 0.25) is 0 Å². The first-order valence-corrected chi connectivity index (χ1v) is 5.88. The second-order valence-corrected chi connectivity index (χ2v) is 3.99. The summed E-state index contributed by atoms with van der Waals surface area (Å²) in [6, 6.07) is 4.55. The van der Waals surface area contributed by atoms with Gasteiger partial charge in [0.25, 0.3) is 5.91 Å². The van der Waals surface area contributed by atoms with Crippen molar-refractivity contribution in [2.24, 2.45) is 0 Å². The van der Waals surface area contributed by atoms with Gasteiger partial charge in [0.05, 0.1) is 0 Å². The summed E-state index contributed by atoms with van der Waals surface area (Å²) in [6.07, 6.45) is 0.838. The molecule has 0 saturated heterocycles. The Morgan fingerprint density at radius 3 is 2.44 bits per heavy atom. The minimum atomic E-state index is -0.617. The molecule has 1 rings (SSSR count). The lowest BCUT2D eigenvalue weighted by atomic mass is 10.2. The van der Waals surface area contributed by atoms with Crippen molar-refractivity contribution in [2.75, 3.05) is 6.54 Å². The van der Waals surface area contributed by atoms with E-state index >= 15 is 0 Å². The molecule has 0 aromatic heterocycles. The Balaban J connectivity index is 2.53. The number of carbonyl (C=O) groups is 2. The van der Waals surface area contributed by atoms with Gasteiger partial charge in [-0.15, -0.1) is 0 Å². The lowest BCUT2D eigenvalue weighted by molar-refractivity contribution is -0.122. The van der Waals surface area contributed by atoms with Crippen LogP contribution in [0.15, 0.2) is 24.3 Å². The van der Waals surface area contributed by atoms with Gasteiger partial charge < -0.3 is 10.6 Å². The summed E-state index contributed by atoms with van der Waals surface area (Å²) in [6.45, 7) is 4.13. The van der Waals surface area contributed by atoms with Crippen LogP contribution >= 0.6 is 0 Å². The molecule has 1 aromatic rings. The molecule has 0 spiro atoms. The molecule has 4 nitrogen and oxygen atoms in total. The van der Waals surface area contributed by atoms with Crippen molar-refractivity contribution >= 4 is 11.8 Å². The highest BCUT2D eigenvalue weighted by Gasteiger charge is 2.15. The standard InChI is InChI=1S/C13H17FN2O2/c1-3-8-15-12(17)9(2)16-13(18)10-4-6-11(14)7-5-10/h4-7,9H,3,8H2,1-2H3,(H,15,17)(H,16,18)/t9-/m1/s1. The quantitative estimate of drug-likeness (QED) is 0.833. The predicted octanol–water partition coefficient (Wildman–Crippen LogP) is 1.47. The first-order chi connectivity index (χ1) is 8.54. The largest absolute Gasteiger partial charge is 0.354 e. The third-order valence-electron chi connectivity index (χ3n) is 2.40. The number of carbonyl (C=O) groups excluding carboxylic acids is 2. The van der Waals surface area contributed by atoms with Crippen molar-refractivity contribution in [3.63, 3.8) is 0 Å². The van der Waals surface area contributed by atoms with E-state index in [4.69, 9.17) is 0 Å². The molecular weight excluding hydrogens is 235 g/mol. The first-order valence-electron chi connectivity index (χ1n) is 5.88. The van der Waals surface area contributed by atoms with Crippen molar-refractivity contribution in [2.45, 2.75) is 26.3 Å². The van der Waals surface area contributed by atoms with Gasteiger partial charge in [0, 0.05) is 12.1 Å². The van der Waals surface area contributed by atoms with E-state index in [1.54, 1.807) is 6.92 Å². The van der Waals surface area contributed by atoms with Gasteiger partial charge in [-0.1, -0.05) is 6.92 Å². The SMILES string of the molecule is CCCNC(=O)[C@@H](C)NC(=O)c1ccc(F)cc1. The number of benzene rings is 1. The molecule has 0 saturated carbocycles. The Bertz CT molecular complexity index is 418. The van der Waals surface area contributed by atoms with E-state index < -0.39 is 17.8 Å². The van der Waals surface area contributed by atoms with E-state index in [9.17, 15) is 14.0 Å². The Kier molecular flexibility index (Phi) is 5.30. The molecule has 0 aliphatic heterocycles. The summed E-state index contributed by atoms with van der Waals surface area (Å²) in [5.74, 6) is -1.03. The van der Waals surface area contributed by atoms with E-state index in [1.165, 1.54) is 24.3 Å². The molecular formula is C13H17FN2O2. The number of nitrogens with one attached hydrogen (secondary N) is 2. The lowest BCUT2D eigenvalue weighted by Crippen LogP contribution is -2.44. The molecule has 0 aliphatic rings. The van der Waals surface area contributed by atoms with Crippen LogP contribution in [-0.2, 0) is 4.79 Å². The second kappa shape index (κ2) is 6.74. The maximum absolute atomic E-state index is 12.7. The van der Waals surface area contributed by atoms with E-state index in [-0.39, 0.29) is 5.91 Å². The van der Waals surface area contributed by atoms with E-state index in [0.29, 0.717) is 12.1 Å². The van der Waals surface area contributed by atoms with Crippen molar-refractivity contribution < 1.29 is 14.0 Å². The molecule has 0 heterocycles. The van der Waals surface area contributed by atoms with Crippen LogP contribution in [0, 0.1) is 5.82 Å². The Labute approximate surface area is 106 Å². The number of amides is 2. The van der Waals surface area contributed by atoms with E-state index in [0.717, 1.165) is 6.42 Å². The van der Waals surface area contributed by atoms with Crippen molar-refractivity contribution in [1.29, 1.82) is 0 Å². The minimum Gasteiger partial charge on any atom is -0.354 e. The fourth-order valence-corrected chi connectivity index (χ4v) is 1.35. The fraction of sp³-hybridized carbons (Fsp3) is 0.385. The van der Waals surface area contributed by atoms with Gasteiger partial charge in [0.1, 0.15) is 11.9 Å². The van der Waals surface area contributed by atoms with Gasteiger partial charge in [-0.05, 0) is 37.6 Å². The fourth-order valence-electron chi connectivity index (χ4n) is 1.35. The number of hydrogen-bond donors (Lipinski definition) is 2. The zero-order valence-corrected chi connectivity index (χ0v) is 10.5. The normalized spacial score (nSPS) is 11.7. The molecule has 0 unspecified atom stereocenters. The number of halogens is 1. The van der Waals surface area contributed by atoms with Crippen molar-refractivity contribution in [3.8, 4) is 0 Å². The number of hydrogen-bond acceptors (Lipinski definition) is 2. The molecule has 0 radical (unpaired) electrons. The summed E-state index contributed by atoms with van der Waals surface area (Å²) in [5.41, 5.74) is 0.326. The molecule has 2 N–H and O–H groups in total. The van der Waals surface area contributed by atoms with Crippen LogP contribution in [0.4, 0.5) is 4.39 Å². The van der Waals surface area contributed by atoms with Gasteiger partial charge in [-0.2, -0.15) is 0 Å². The molecule has 0 aliphatic carbocycles. The van der Waals surface area contributed by atoms with Gasteiger partial charge >= 0.3 is 0 Å². The molecule has 98 valence electrons. The summed E-state index contributed by atoms with van der Waals surface area (Å²) in [5, 5.41) is 5.24. The van der Waals surface area contributed by atoms with Crippen LogP contribution in [-0.4, -0.2) is 24.4 Å². The molecule has 0 fully saturated rings. The average Bonchev–Trinajstić information content (AvgIpc) is 2.36. The Morgan fingerprint density at radius 2 is 1.89 bits per heavy atom. The smallest absolute Gasteiger partial charge is 0.251 e. The molecule has 5 heteroatoms. The minimum absolute atomic E-state index is 0.229. The summed E-state index contributed by atoms with van der Waals surface area (Å²) in [4.78, 5) is 23.3. The van der Waals surface area contributed by atoms with Crippen molar-refractivity contribution in [1.82, 2.24) is 10.6 Å². The summed E-state index contributed by atoms with van der Waals surface area (Å²) >= 11 is 0. The van der Waals surface area contributed by atoms with Gasteiger partial charge in [-0.25, -0.2) is 4.39 Å². The highest BCUT2D eigenvalue weighted by Crippen LogP contribution is 2.02. The lowest BCUT2D eigenvalue weighted by Gasteiger charge is -2.13. The Morgan fingerprint density at radius 1 is 1.28 bits per heavy atom. The molecule has 1 aromatic carbocycles. The van der Waals surface area contributed by atoms with Gasteiger partial charge in [-0.3, -0.25) is 9.59 Å². The highest BCUT2D eigenvalue weighted by atomic mass is 19.1. The number of rotatable bonds is 5. The average molecular weight is 252 g/mol. The summed E-state index contributed by atoms with van der Waals surface area (Å²) in [7, 11) is 0. The van der Waals surface area contributed by atoms with Crippen LogP contribution in [0.1, 0.15) is 30.6 Å². The van der Waals surface area contributed by atoms with Gasteiger partial charge in [0.2, 0.25) is 5.91 Å². The monoisotopic (exact) mass is 252 g/mol. The Hall–Kier alpha value is -1.91. The zero-order chi connectivity index (χ0) is 13.5. The van der Waals surface area contributed by atoms with Crippen LogP contribution in [0.3, 0.4) is 0 Å². The third-order valence-corrected chi connectivity index (χ3v) is 2.40. The molecule has 2 amide bonds. The summed E-state index contributed by atoms with van der Waals surface area (Å²) < 4.78 is 12.7. The molecule has 1 atom stereocenters. The second-order valence-electron chi connectivity index (χ2n) is 3.99. The predicted molar refractivity (Wildman–Crippen MR) is 66.6 cm³/mol. The zero-order valence-electron chi connectivity index (χ0n) is 10.5. The van der Waals surface area contributed by atoms with E-state index in [2.05, 4.69) is 10.6 Å². The van der Waals surface area contributed by atoms with Gasteiger partial charge in [0.15, 0.2) is 0 Å². The van der Waals surface area contributed by atoms with Crippen LogP contribution in [0.5, 0.6) is 0 Å². The van der Waals surface area contributed by atoms with Crippen LogP contribution < -0.4 is 10.6 Å². The maximum Gasteiger partial charge on any atom is 0.251 e. The highest BCUT2D eigenvalue weighted by molar-refractivity contribution is 5.97. The first kappa shape index (κ1) is 14.2. The molecule has 0 bridgehead atoms. The topological polar surface area (TPSA) is 58.2 Å². The third kappa shape index (κ3) is 4.16. The van der Waals surface area contributed by atoms with E-state index in [1.807, 2.05) is 6.92 Å². The maximum atomic E-state index is 12.7.